The van der Waals surface area contributed by atoms with Gasteiger partial charge in [0.1, 0.15) is 12.4 Å². The highest BCUT2D eigenvalue weighted by atomic mass is 16.5. The van der Waals surface area contributed by atoms with Crippen LogP contribution in [0.2, 0.25) is 0 Å². The van der Waals surface area contributed by atoms with Crippen LogP contribution in [0, 0.1) is 0 Å². The fraction of sp³-hybridized carbons (Fsp3) is 0.727. The number of imidazole rings is 1. The molecule has 1 aromatic rings. The first-order valence-corrected chi connectivity index (χ1v) is 5.67. The smallest absolute Gasteiger partial charge is 0.132 e. The van der Waals surface area contributed by atoms with E-state index >= 15 is 0 Å². The van der Waals surface area contributed by atoms with E-state index in [0.717, 1.165) is 44.2 Å². The van der Waals surface area contributed by atoms with Crippen LogP contribution in [0.3, 0.4) is 0 Å². The molecular formula is C11H21N3O2. The van der Waals surface area contributed by atoms with Gasteiger partial charge in [-0.3, -0.25) is 0 Å². The summed E-state index contributed by atoms with van der Waals surface area (Å²) in [6.07, 6.45) is 2.87. The minimum Gasteiger partial charge on any atom is -0.383 e. The molecule has 0 fully saturated rings. The minimum absolute atomic E-state index is 0.561. The van der Waals surface area contributed by atoms with Crippen molar-refractivity contribution >= 4 is 0 Å². The van der Waals surface area contributed by atoms with Crippen molar-refractivity contribution < 1.29 is 9.47 Å². The number of aromatic amines is 1. The van der Waals surface area contributed by atoms with Crippen LogP contribution in [0.25, 0.3) is 0 Å². The predicted molar refractivity (Wildman–Crippen MR) is 62.1 cm³/mol. The third-order valence-corrected chi connectivity index (χ3v) is 2.07. The molecule has 2 N–H and O–H groups in total. The number of H-pyrrole nitrogens is 1. The summed E-state index contributed by atoms with van der Waals surface area (Å²) in [5.74, 6) is 0.886. The molecule has 1 rings (SSSR count). The zero-order valence-electron chi connectivity index (χ0n) is 10.1. The fourth-order valence-corrected chi connectivity index (χ4v) is 1.28. The van der Waals surface area contributed by atoms with Crippen LogP contribution in [-0.4, -0.2) is 36.8 Å². The number of hydrogen-bond donors (Lipinski definition) is 2. The molecule has 0 spiro atoms. The lowest BCUT2D eigenvalue weighted by atomic mass is 10.4. The molecule has 0 aliphatic heterocycles. The van der Waals surface area contributed by atoms with Crippen LogP contribution in [0.4, 0.5) is 0 Å². The van der Waals surface area contributed by atoms with Crippen LogP contribution in [0.15, 0.2) is 6.20 Å². The third kappa shape index (κ3) is 5.25. The van der Waals surface area contributed by atoms with Gasteiger partial charge in [-0.25, -0.2) is 4.98 Å². The van der Waals surface area contributed by atoms with E-state index in [9.17, 15) is 0 Å². The first-order chi connectivity index (χ1) is 7.86. The summed E-state index contributed by atoms with van der Waals surface area (Å²) < 4.78 is 10.3. The van der Waals surface area contributed by atoms with Crippen LogP contribution in [0.1, 0.15) is 24.9 Å². The first kappa shape index (κ1) is 13.2. The van der Waals surface area contributed by atoms with Crippen molar-refractivity contribution in [2.75, 3.05) is 26.9 Å². The monoisotopic (exact) mass is 227 g/mol. The number of nitrogens with zero attached hydrogens (tertiary/aromatic N) is 1. The molecule has 5 nitrogen and oxygen atoms in total. The van der Waals surface area contributed by atoms with Crippen molar-refractivity contribution in [2.45, 2.75) is 26.5 Å². The van der Waals surface area contributed by atoms with Crippen molar-refractivity contribution in [1.82, 2.24) is 15.3 Å². The number of hydrogen-bond acceptors (Lipinski definition) is 4. The van der Waals surface area contributed by atoms with Gasteiger partial charge in [-0.15, -0.1) is 0 Å². The average Bonchev–Trinajstić information content (AvgIpc) is 2.73. The molecule has 5 heteroatoms. The lowest BCUT2D eigenvalue weighted by Gasteiger charge is -2.01. The highest BCUT2D eigenvalue weighted by Crippen LogP contribution is 1.99. The number of ether oxygens (including phenoxy) is 2. The Bertz CT molecular complexity index is 276. The Hall–Kier alpha value is -0.910. The summed E-state index contributed by atoms with van der Waals surface area (Å²) >= 11 is 0. The van der Waals surface area contributed by atoms with Crippen molar-refractivity contribution in [3.8, 4) is 0 Å². The normalized spacial score (nSPS) is 10.9. The van der Waals surface area contributed by atoms with Gasteiger partial charge in [0.2, 0.25) is 0 Å². The molecule has 0 aliphatic carbocycles. The molecule has 0 saturated heterocycles. The first-order valence-electron chi connectivity index (χ1n) is 5.67. The van der Waals surface area contributed by atoms with Gasteiger partial charge >= 0.3 is 0 Å². The predicted octanol–water partition coefficient (Wildman–Crippen LogP) is 1.07. The number of rotatable bonds is 9. The summed E-state index contributed by atoms with van der Waals surface area (Å²) in [6, 6.07) is 0. The lowest BCUT2D eigenvalue weighted by molar-refractivity contribution is 0.116. The van der Waals surface area contributed by atoms with Gasteiger partial charge in [0, 0.05) is 38.7 Å². The van der Waals surface area contributed by atoms with Gasteiger partial charge in [0.15, 0.2) is 0 Å². The van der Waals surface area contributed by atoms with E-state index in [4.69, 9.17) is 9.47 Å². The van der Waals surface area contributed by atoms with Gasteiger partial charge in [-0.2, -0.15) is 0 Å². The SMILES string of the molecule is CCCOCc1ncc(CNCCOC)[nH]1. The van der Waals surface area contributed by atoms with Crippen LogP contribution < -0.4 is 5.32 Å². The molecule has 1 aromatic heterocycles. The van der Waals surface area contributed by atoms with E-state index < -0.39 is 0 Å². The Labute approximate surface area is 96.6 Å². The van der Waals surface area contributed by atoms with Crippen LogP contribution >= 0.6 is 0 Å². The van der Waals surface area contributed by atoms with Crippen molar-refractivity contribution in [3.05, 3.63) is 17.7 Å². The molecule has 0 radical (unpaired) electrons. The molecule has 0 amide bonds. The number of nitrogens with one attached hydrogen (secondary N) is 2. The maximum absolute atomic E-state index is 5.39. The Morgan fingerprint density at radius 2 is 2.31 bits per heavy atom. The number of methoxy groups -OCH3 is 1. The molecule has 92 valence electrons. The van der Waals surface area contributed by atoms with Gasteiger partial charge in [-0.1, -0.05) is 6.92 Å². The zero-order valence-corrected chi connectivity index (χ0v) is 10.1. The van der Waals surface area contributed by atoms with E-state index in [-0.39, 0.29) is 0 Å². The highest BCUT2D eigenvalue weighted by molar-refractivity contribution is 5.00. The van der Waals surface area contributed by atoms with E-state index in [0.29, 0.717) is 6.61 Å². The maximum Gasteiger partial charge on any atom is 0.132 e. The molecular weight excluding hydrogens is 206 g/mol. The molecule has 0 aromatic carbocycles. The Balaban J connectivity index is 2.17. The second-order valence-electron chi connectivity index (χ2n) is 3.58. The molecule has 0 unspecified atom stereocenters. The average molecular weight is 227 g/mol. The molecule has 0 saturated carbocycles. The molecule has 16 heavy (non-hydrogen) atoms. The Morgan fingerprint density at radius 1 is 1.44 bits per heavy atom. The van der Waals surface area contributed by atoms with E-state index in [2.05, 4.69) is 22.2 Å². The van der Waals surface area contributed by atoms with Gasteiger partial charge < -0.3 is 19.8 Å². The molecule has 0 bridgehead atoms. The number of aromatic nitrogens is 2. The summed E-state index contributed by atoms with van der Waals surface area (Å²) in [6.45, 7) is 5.78. The third-order valence-electron chi connectivity index (χ3n) is 2.07. The molecule has 1 heterocycles. The summed E-state index contributed by atoms with van der Waals surface area (Å²) in [5.41, 5.74) is 1.08. The Morgan fingerprint density at radius 3 is 3.06 bits per heavy atom. The van der Waals surface area contributed by atoms with E-state index in [1.54, 1.807) is 7.11 Å². The van der Waals surface area contributed by atoms with Gasteiger partial charge in [0.05, 0.1) is 6.61 Å². The topological polar surface area (TPSA) is 59.2 Å². The van der Waals surface area contributed by atoms with Gasteiger partial charge in [0.25, 0.3) is 0 Å². The largest absolute Gasteiger partial charge is 0.383 e. The Kier molecular flexibility index (Phi) is 6.80. The lowest BCUT2D eigenvalue weighted by Crippen LogP contribution is -2.18. The van der Waals surface area contributed by atoms with E-state index in [1.165, 1.54) is 0 Å². The fourth-order valence-electron chi connectivity index (χ4n) is 1.28. The quantitative estimate of drug-likeness (QED) is 0.620. The second kappa shape index (κ2) is 8.27. The van der Waals surface area contributed by atoms with E-state index in [1.807, 2.05) is 6.20 Å². The zero-order chi connectivity index (χ0) is 11.6. The highest BCUT2D eigenvalue weighted by Gasteiger charge is 1.99. The van der Waals surface area contributed by atoms with Gasteiger partial charge in [-0.05, 0) is 6.42 Å². The maximum atomic E-state index is 5.39. The minimum atomic E-state index is 0.561. The second-order valence-corrected chi connectivity index (χ2v) is 3.58. The van der Waals surface area contributed by atoms with Crippen molar-refractivity contribution in [2.24, 2.45) is 0 Å². The standard InChI is InChI=1S/C11H21N3O2/c1-3-5-16-9-11-13-8-10(14-11)7-12-4-6-15-2/h8,12H,3-7,9H2,1-2H3,(H,13,14). The van der Waals surface area contributed by atoms with Crippen molar-refractivity contribution in [1.29, 1.82) is 0 Å². The molecule has 0 atom stereocenters. The molecule has 0 aliphatic rings. The summed E-state index contributed by atoms with van der Waals surface area (Å²) in [4.78, 5) is 7.44. The van der Waals surface area contributed by atoms with Crippen LogP contribution in [0.5, 0.6) is 0 Å². The summed E-state index contributed by atoms with van der Waals surface area (Å²) in [7, 11) is 1.70. The van der Waals surface area contributed by atoms with Crippen molar-refractivity contribution in [3.63, 3.8) is 0 Å². The van der Waals surface area contributed by atoms with Crippen LogP contribution in [-0.2, 0) is 22.6 Å². The summed E-state index contributed by atoms with van der Waals surface area (Å²) in [5, 5.41) is 3.25.